The smallest absolute Gasteiger partial charge is 0.159 e. The van der Waals surface area contributed by atoms with Gasteiger partial charge in [0.05, 0.1) is 12.4 Å². The van der Waals surface area contributed by atoms with Crippen molar-refractivity contribution in [3.8, 4) is 33.9 Å². The zero-order valence-electron chi connectivity index (χ0n) is 14.1. The molecular weight excluding hydrogens is 327 g/mol. The second-order valence-corrected chi connectivity index (χ2v) is 5.97. The van der Waals surface area contributed by atoms with Crippen molar-refractivity contribution in [2.45, 2.75) is 6.92 Å². The molecule has 0 amide bonds. The highest BCUT2D eigenvalue weighted by Gasteiger charge is 2.07. The number of rotatable bonds is 3. The summed E-state index contributed by atoms with van der Waals surface area (Å²) in [6.07, 6.45) is 5.96. The fraction of sp³-hybridized carbons (Fsp3) is 0.0476. The van der Waals surface area contributed by atoms with Gasteiger partial charge in [0.1, 0.15) is 0 Å². The van der Waals surface area contributed by atoms with Crippen LogP contribution in [0.15, 0.2) is 73.3 Å². The Balaban J connectivity index is 1.72. The predicted molar refractivity (Wildman–Crippen MR) is 98.6 cm³/mol. The standard InChI is InChI=1S/C21H15FN4/c1-14-10-23-20(24-11-14)17-6-2-4-15(8-17)16-5-3-7-18(9-16)21-25-12-19(22)13-26-21/h2-13H,1H3. The molecule has 0 atom stereocenters. The van der Waals surface area contributed by atoms with Crippen molar-refractivity contribution in [1.82, 2.24) is 19.9 Å². The average Bonchev–Trinajstić information content (AvgIpc) is 2.69. The summed E-state index contributed by atoms with van der Waals surface area (Å²) in [4.78, 5) is 16.9. The van der Waals surface area contributed by atoms with E-state index >= 15 is 0 Å². The van der Waals surface area contributed by atoms with E-state index in [9.17, 15) is 4.39 Å². The second kappa shape index (κ2) is 6.80. The summed E-state index contributed by atoms with van der Waals surface area (Å²) in [5, 5.41) is 0. The van der Waals surface area contributed by atoms with Crippen molar-refractivity contribution in [2.24, 2.45) is 0 Å². The molecule has 4 aromatic rings. The Hall–Kier alpha value is -3.47. The van der Waals surface area contributed by atoms with Crippen molar-refractivity contribution in [1.29, 1.82) is 0 Å². The monoisotopic (exact) mass is 342 g/mol. The molecule has 26 heavy (non-hydrogen) atoms. The molecule has 0 fully saturated rings. The first-order chi connectivity index (χ1) is 12.7. The molecule has 4 rings (SSSR count). The third-order valence-corrected chi connectivity index (χ3v) is 3.98. The van der Waals surface area contributed by atoms with Gasteiger partial charge in [-0.05, 0) is 35.7 Å². The average molecular weight is 342 g/mol. The predicted octanol–water partition coefficient (Wildman–Crippen LogP) is 4.72. The Morgan fingerprint density at radius 1 is 0.615 bits per heavy atom. The number of hydrogen-bond acceptors (Lipinski definition) is 4. The zero-order valence-corrected chi connectivity index (χ0v) is 14.1. The number of halogens is 1. The maximum Gasteiger partial charge on any atom is 0.159 e. The molecular formula is C21H15FN4. The van der Waals surface area contributed by atoms with Crippen LogP contribution in [-0.4, -0.2) is 19.9 Å². The molecule has 4 nitrogen and oxygen atoms in total. The van der Waals surface area contributed by atoms with E-state index in [1.807, 2.05) is 61.8 Å². The lowest BCUT2D eigenvalue weighted by Crippen LogP contribution is -1.91. The first-order valence-corrected chi connectivity index (χ1v) is 8.16. The van der Waals surface area contributed by atoms with Crippen LogP contribution >= 0.6 is 0 Å². The van der Waals surface area contributed by atoms with E-state index in [1.54, 1.807) is 0 Å². The highest BCUT2D eigenvalue weighted by molar-refractivity contribution is 5.73. The largest absolute Gasteiger partial charge is 0.236 e. The highest BCUT2D eigenvalue weighted by atomic mass is 19.1. The molecule has 0 aliphatic rings. The highest BCUT2D eigenvalue weighted by Crippen LogP contribution is 2.27. The Kier molecular flexibility index (Phi) is 4.19. The fourth-order valence-electron chi connectivity index (χ4n) is 2.68. The zero-order chi connectivity index (χ0) is 17.9. The van der Waals surface area contributed by atoms with Crippen LogP contribution in [0.2, 0.25) is 0 Å². The van der Waals surface area contributed by atoms with Gasteiger partial charge in [0.15, 0.2) is 17.5 Å². The van der Waals surface area contributed by atoms with Crippen LogP contribution < -0.4 is 0 Å². The van der Waals surface area contributed by atoms with Crippen molar-refractivity contribution in [3.05, 3.63) is 84.7 Å². The first-order valence-electron chi connectivity index (χ1n) is 8.16. The minimum absolute atomic E-state index is 0.448. The lowest BCUT2D eigenvalue weighted by Gasteiger charge is -2.07. The lowest BCUT2D eigenvalue weighted by atomic mass is 10.0. The minimum Gasteiger partial charge on any atom is -0.236 e. The summed E-state index contributed by atoms with van der Waals surface area (Å²) in [7, 11) is 0. The summed E-state index contributed by atoms with van der Waals surface area (Å²) in [6.45, 7) is 1.96. The van der Waals surface area contributed by atoms with Gasteiger partial charge < -0.3 is 0 Å². The quantitative estimate of drug-likeness (QED) is 0.541. The summed E-state index contributed by atoms with van der Waals surface area (Å²) in [5.41, 5.74) is 4.86. The molecule has 0 N–H and O–H groups in total. The molecule has 0 aliphatic heterocycles. The van der Waals surface area contributed by atoms with E-state index in [0.717, 1.165) is 27.8 Å². The van der Waals surface area contributed by atoms with E-state index in [4.69, 9.17) is 0 Å². The van der Waals surface area contributed by atoms with Crippen LogP contribution in [0.5, 0.6) is 0 Å². The van der Waals surface area contributed by atoms with Crippen LogP contribution in [0, 0.1) is 12.7 Å². The second-order valence-electron chi connectivity index (χ2n) is 5.97. The molecule has 5 heteroatoms. The number of nitrogens with zero attached hydrogens (tertiary/aromatic N) is 4. The SMILES string of the molecule is Cc1cnc(-c2cccc(-c3cccc(-c4ncc(F)cn4)c3)c2)nc1. The summed E-state index contributed by atoms with van der Waals surface area (Å²) in [6, 6.07) is 15.9. The normalized spacial score (nSPS) is 10.7. The van der Waals surface area contributed by atoms with E-state index in [0.29, 0.717) is 11.6 Å². The minimum atomic E-state index is -0.448. The van der Waals surface area contributed by atoms with Gasteiger partial charge in [-0.2, -0.15) is 0 Å². The maximum atomic E-state index is 13.0. The van der Waals surface area contributed by atoms with Crippen LogP contribution in [0.1, 0.15) is 5.56 Å². The van der Waals surface area contributed by atoms with Crippen molar-refractivity contribution < 1.29 is 4.39 Å². The lowest BCUT2D eigenvalue weighted by molar-refractivity contribution is 0.614. The van der Waals surface area contributed by atoms with Crippen molar-refractivity contribution in [2.75, 3.05) is 0 Å². The Labute approximate surface area is 150 Å². The molecule has 0 saturated heterocycles. The van der Waals surface area contributed by atoms with Crippen molar-refractivity contribution >= 4 is 0 Å². The van der Waals surface area contributed by atoms with Crippen LogP contribution in [0.25, 0.3) is 33.9 Å². The number of aryl methyl sites for hydroxylation is 1. The molecule has 2 aromatic heterocycles. The van der Waals surface area contributed by atoms with Gasteiger partial charge in [0.2, 0.25) is 0 Å². The number of aromatic nitrogens is 4. The number of benzene rings is 2. The van der Waals surface area contributed by atoms with E-state index in [2.05, 4.69) is 26.0 Å². The van der Waals surface area contributed by atoms with Crippen molar-refractivity contribution in [3.63, 3.8) is 0 Å². The summed E-state index contributed by atoms with van der Waals surface area (Å²) in [5.74, 6) is 0.734. The molecule has 0 aliphatic carbocycles. The third kappa shape index (κ3) is 3.32. The molecule has 0 saturated carbocycles. The number of hydrogen-bond donors (Lipinski definition) is 0. The van der Waals surface area contributed by atoms with Crippen LogP contribution in [0.4, 0.5) is 4.39 Å². The summed E-state index contributed by atoms with van der Waals surface area (Å²) < 4.78 is 13.0. The van der Waals surface area contributed by atoms with Gasteiger partial charge in [-0.25, -0.2) is 24.3 Å². The molecule has 0 unspecified atom stereocenters. The Morgan fingerprint density at radius 2 is 1.04 bits per heavy atom. The maximum absolute atomic E-state index is 13.0. The molecule has 0 radical (unpaired) electrons. The van der Waals surface area contributed by atoms with Gasteiger partial charge >= 0.3 is 0 Å². The first kappa shape index (κ1) is 16.0. The van der Waals surface area contributed by atoms with Gasteiger partial charge in [-0.3, -0.25) is 0 Å². The molecule has 0 bridgehead atoms. The van der Waals surface area contributed by atoms with Crippen LogP contribution in [0.3, 0.4) is 0 Å². The van der Waals surface area contributed by atoms with E-state index in [-0.39, 0.29) is 0 Å². The van der Waals surface area contributed by atoms with Gasteiger partial charge in [0, 0.05) is 23.5 Å². The Morgan fingerprint density at radius 3 is 1.54 bits per heavy atom. The Bertz CT molecular complexity index is 957. The van der Waals surface area contributed by atoms with E-state index < -0.39 is 5.82 Å². The van der Waals surface area contributed by atoms with Gasteiger partial charge in [-0.1, -0.05) is 36.4 Å². The molecule has 2 aromatic carbocycles. The molecule has 0 spiro atoms. The topological polar surface area (TPSA) is 51.6 Å². The van der Waals surface area contributed by atoms with Gasteiger partial charge in [0.25, 0.3) is 0 Å². The van der Waals surface area contributed by atoms with Crippen LogP contribution in [-0.2, 0) is 0 Å². The fourth-order valence-corrected chi connectivity index (χ4v) is 2.68. The third-order valence-electron chi connectivity index (χ3n) is 3.98. The van der Waals surface area contributed by atoms with Gasteiger partial charge in [-0.15, -0.1) is 0 Å². The van der Waals surface area contributed by atoms with E-state index in [1.165, 1.54) is 12.4 Å². The summed E-state index contributed by atoms with van der Waals surface area (Å²) >= 11 is 0. The molecule has 126 valence electrons. The molecule has 2 heterocycles.